The number of hydrogen-bond acceptors (Lipinski definition) is 8. The Morgan fingerprint density at radius 2 is 2.00 bits per heavy atom. The first-order chi connectivity index (χ1) is 14.6. The molecule has 3 rings (SSSR count). The van der Waals surface area contributed by atoms with Gasteiger partial charge < -0.3 is 10.1 Å². The van der Waals surface area contributed by atoms with E-state index in [1.54, 1.807) is 18.2 Å². The van der Waals surface area contributed by atoms with Crippen LogP contribution in [0.15, 0.2) is 29.4 Å². The smallest absolute Gasteiger partial charge is 0.355 e. The Morgan fingerprint density at radius 3 is 2.65 bits per heavy atom. The number of anilines is 1. The summed E-state index contributed by atoms with van der Waals surface area (Å²) in [6.07, 6.45) is -0.849. The van der Waals surface area contributed by atoms with E-state index in [1.807, 2.05) is 0 Å². The minimum absolute atomic E-state index is 0.00287. The fraction of sp³-hybridized carbons (Fsp3) is 0.450. The maximum Gasteiger partial charge on any atom is 0.355 e. The van der Waals surface area contributed by atoms with Crippen LogP contribution >= 0.6 is 0 Å². The number of nitrogens with zero attached hydrogens (tertiary/aromatic N) is 2. The standard InChI is InChI=1S/C20H23N3O7S/c1-12(24)14-4-3-5-15(10-14)21-19(26)13(2)30-20(27)17-6-7-18(25)23(22-17)16-8-9-31(28,29)11-16/h3-5,10,13,16H,6-9,11H2,1-2H3,(H,21,26). The zero-order valence-corrected chi connectivity index (χ0v) is 18.0. The van der Waals surface area contributed by atoms with Crippen molar-refractivity contribution in [3.8, 4) is 0 Å². The van der Waals surface area contributed by atoms with E-state index in [0.717, 1.165) is 5.01 Å². The maximum atomic E-state index is 12.5. The number of benzene rings is 1. The molecule has 1 saturated heterocycles. The fourth-order valence-electron chi connectivity index (χ4n) is 3.31. The zero-order chi connectivity index (χ0) is 22.8. The molecule has 1 fully saturated rings. The number of carbonyl (C=O) groups excluding carboxylic acids is 4. The predicted molar refractivity (Wildman–Crippen MR) is 111 cm³/mol. The summed E-state index contributed by atoms with van der Waals surface area (Å²) in [7, 11) is -3.23. The van der Waals surface area contributed by atoms with E-state index in [4.69, 9.17) is 4.74 Å². The van der Waals surface area contributed by atoms with Crippen LogP contribution in [0.3, 0.4) is 0 Å². The van der Waals surface area contributed by atoms with Crippen molar-refractivity contribution in [2.45, 2.75) is 45.3 Å². The van der Waals surface area contributed by atoms with Crippen molar-refractivity contribution in [1.29, 1.82) is 0 Å². The number of nitrogens with one attached hydrogen (secondary N) is 1. The van der Waals surface area contributed by atoms with Gasteiger partial charge in [-0.2, -0.15) is 5.10 Å². The highest BCUT2D eigenvalue weighted by Crippen LogP contribution is 2.22. The van der Waals surface area contributed by atoms with E-state index in [1.165, 1.54) is 19.9 Å². The first kappa shape index (κ1) is 22.6. The Hall–Kier alpha value is -3.08. The molecule has 2 unspecified atom stereocenters. The van der Waals surface area contributed by atoms with Crippen LogP contribution in [0.2, 0.25) is 0 Å². The quantitative estimate of drug-likeness (QED) is 0.503. The van der Waals surface area contributed by atoms with Gasteiger partial charge in [0.2, 0.25) is 5.91 Å². The lowest BCUT2D eigenvalue weighted by atomic mass is 10.1. The minimum atomic E-state index is -3.23. The van der Waals surface area contributed by atoms with Gasteiger partial charge in [0.25, 0.3) is 5.91 Å². The van der Waals surface area contributed by atoms with E-state index in [0.29, 0.717) is 11.3 Å². The number of amides is 2. The fourth-order valence-corrected chi connectivity index (χ4v) is 5.01. The molecule has 2 atom stereocenters. The number of rotatable bonds is 6. The lowest BCUT2D eigenvalue weighted by Gasteiger charge is -2.27. The number of ketones is 1. The molecule has 11 heteroatoms. The molecular formula is C20H23N3O7S. The van der Waals surface area contributed by atoms with Gasteiger partial charge in [0, 0.05) is 24.1 Å². The van der Waals surface area contributed by atoms with Crippen LogP contribution in [-0.4, -0.2) is 66.4 Å². The summed E-state index contributed by atoms with van der Waals surface area (Å²) >= 11 is 0. The van der Waals surface area contributed by atoms with Crippen molar-refractivity contribution in [1.82, 2.24) is 5.01 Å². The third-order valence-corrected chi connectivity index (χ3v) is 6.79. The Balaban J connectivity index is 1.64. The number of sulfone groups is 1. The average molecular weight is 449 g/mol. The van der Waals surface area contributed by atoms with Gasteiger partial charge in [-0.15, -0.1) is 0 Å². The van der Waals surface area contributed by atoms with Gasteiger partial charge in [-0.3, -0.25) is 14.4 Å². The van der Waals surface area contributed by atoms with Crippen LogP contribution in [-0.2, 0) is 29.0 Å². The summed E-state index contributed by atoms with van der Waals surface area (Å²) in [5, 5.41) is 7.66. The molecular weight excluding hydrogens is 426 g/mol. The summed E-state index contributed by atoms with van der Waals surface area (Å²) in [6, 6.07) is 5.75. The molecule has 0 radical (unpaired) electrons. The van der Waals surface area contributed by atoms with E-state index in [-0.39, 0.29) is 48.2 Å². The lowest BCUT2D eigenvalue weighted by molar-refractivity contribution is -0.147. The molecule has 1 N–H and O–H groups in total. The average Bonchev–Trinajstić information content (AvgIpc) is 3.07. The number of hydrogen-bond donors (Lipinski definition) is 1. The molecule has 0 aromatic heterocycles. The van der Waals surface area contributed by atoms with Crippen molar-refractivity contribution >= 4 is 44.8 Å². The molecule has 2 aliphatic heterocycles. The van der Waals surface area contributed by atoms with E-state index in [9.17, 15) is 27.6 Å². The number of carbonyl (C=O) groups is 4. The SMILES string of the molecule is CC(=O)c1cccc(NC(=O)C(C)OC(=O)C2=NN(C3CCS(=O)(=O)C3)C(=O)CC2)c1. The molecule has 10 nitrogen and oxygen atoms in total. The number of esters is 1. The van der Waals surface area contributed by atoms with Crippen LogP contribution < -0.4 is 5.32 Å². The van der Waals surface area contributed by atoms with Gasteiger partial charge in [-0.25, -0.2) is 18.2 Å². The molecule has 2 aliphatic rings. The Bertz CT molecular complexity index is 1060. The van der Waals surface area contributed by atoms with Crippen LogP contribution in [0.4, 0.5) is 5.69 Å². The summed E-state index contributed by atoms with van der Waals surface area (Å²) in [5.74, 6) is -2.17. The summed E-state index contributed by atoms with van der Waals surface area (Å²) in [6.45, 7) is 2.79. The predicted octanol–water partition coefficient (Wildman–Crippen LogP) is 0.925. The third kappa shape index (κ3) is 5.54. The topological polar surface area (TPSA) is 139 Å². The summed E-state index contributed by atoms with van der Waals surface area (Å²) < 4.78 is 28.6. The molecule has 1 aromatic rings. The second-order valence-corrected chi connectivity index (χ2v) is 9.74. The zero-order valence-electron chi connectivity index (χ0n) is 17.2. The molecule has 0 aliphatic carbocycles. The van der Waals surface area contributed by atoms with E-state index in [2.05, 4.69) is 10.4 Å². The van der Waals surface area contributed by atoms with E-state index >= 15 is 0 Å². The van der Waals surface area contributed by atoms with Crippen LogP contribution in [0.25, 0.3) is 0 Å². The van der Waals surface area contributed by atoms with Crippen LogP contribution in [0.5, 0.6) is 0 Å². The van der Waals surface area contributed by atoms with Crippen molar-refractivity contribution in [2.75, 3.05) is 16.8 Å². The second kappa shape index (κ2) is 8.96. The Kier molecular flexibility index (Phi) is 6.54. The van der Waals surface area contributed by atoms with Gasteiger partial charge >= 0.3 is 5.97 Å². The maximum absolute atomic E-state index is 12.5. The molecule has 2 heterocycles. The number of Topliss-reactive ketones (excluding diaryl/α,β-unsaturated/α-hetero) is 1. The van der Waals surface area contributed by atoms with Gasteiger partial charge in [-0.05, 0) is 32.4 Å². The monoisotopic (exact) mass is 449 g/mol. The molecule has 2 amide bonds. The van der Waals surface area contributed by atoms with Crippen molar-refractivity contribution in [3.05, 3.63) is 29.8 Å². The third-order valence-electron chi connectivity index (χ3n) is 5.04. The molecule has 166 valence electrons. The van der Waals surface area contributed by atoms with Crippen molar-refractivity contribution in [3.63, 3.8) is 0 Å². The molecule has 0 saturated carbocycles. The van der Waals surface area contributed by atoms with Gasteiger partial charge in [0.1, 0.15) is 5.71 Å². The van der Waals surface area contributed by atoms with Gasteiger partial charge in [0.05, 0.1) is 17.5 Å². The first-order valence-corrected chi connectivity index (χ1v) is 11.6. The lowest BCUT2D eigenvalue weighted by Crippen LogP contribution is -2.42. The van der Waals surface area contributed by atoms with Crippen LogP contribution in [0.1, 0.15) is 43.5 Å². The Morgan fingerprint density at radius 1 is 1.26 bits per heavy atom. The number of ether oxygens (including phenoxy) is 1. The van der Waals surface area contributed by atoms with Crippen molar-refractivity contribution < 1.29 is 32.3 Å². The van der Waals surface area contributed by atoms with Gasteiger partial charge in [-0.1, -0.05) is 12.1 Å². The molecule has 0 spiro atoms. The number of hydrazone groups is 1. The molecule has 0 bridgehead atoms. The molecule has 1 aromatic carbocycles. The Labute approximate surface area is 179 Å². The van der Waals surface area contributed by atoms with E-state index < -0.39 is 33.9 Å². The highest BCUT2D eigenvalue weighted by Gasteiger charge is 2.37. The highest BCUT2D eigenvalue weighted by atomic mass is 32.2. The highest BCUT2D eigenvalue weighted by molar-refractivity contribution is 7.91. The van der Waals surface area contributed by atoms with Gasteiger partial charge in [0.15, 0.2) is 21.7 Å². The largest absolute Gasteiger partial charge is 0.448 e. The minimum Gasteiger partial charge on any atom is -0.448 e. The summed E-state index contributed by atoms with van der Waals surface area (Å²) in [4.78, 5) is 48.4. The first-order valence-electron chi connectivity index (χ1n) is 9.78. The van der Waals surface area contributed by atoms with Crippen molar-refractivity contribution in [2.24, 2.45) is 5.10 Å². The van der Waals surface area contributed by atoms with Crippen LogP contribution in [0, 0.1) is 0 Å². The molecule has 31 heavy (non-hydrogen) atoms. The normalized spacial score (nSPS) is 21.2. The second-order valence-electron chi connectivity index (χ2n) is 7.52. The summed E-state index contributed by atoms with van der Waals surface area (Å²) in [5.41, 5.74) is 0.773.